The van der Waals surface area contributed by atoms with Crippen molar-refractivity contribution in [1.82, 2.24) is 15.2 Å². The number of nitro benzene ring substituents is 1. The zero-order valence-electron chi connectivity index (χ0n) is 17.4. The highest BCUT2D eigenvalue weighted by atomic mass is 16.6. The highest BCUT2D eigenvalue weighted by molar-refractivity contribution is 5.99. The van der Waals surface area contributed by atoms with Crippen LogP contribution in [0.3, 0.4) is 0 Å². The van der Waals surface area contributed by atoms with Crippen molar-refractivity contribution in [2.45, 2.75) is 20.4 Å². The first kappa shape index (κ1) is 21.6. The van der Waals surface area contributed by atoms with E-state index in [0.29, 0.717) is 12.3 Å². The zero-order valence-corrected chi connectivity index (χ0v) is 17.4. The molecule has 2 aromatic rings. The van der Waals surface area contributed by atoms with E-state index >= 15 is 0 Å². The summed E-state index contributed by atoms with van der Waals surface area (Å²) in [4.78, 5) is 27.0. The molecule has 0 atom stereocenters. The van der Waals surface area contributed by atoms with E-state index in [2.05, 4.69) is 51.5 Å². The first-order valence-corrected chi connectivity index (χ1v) is 9.99. The second-order valence-corrected chi connectivity index (χ2v) is 7.57. The highest BCUT2D eigenvalue weighted by Gasteiger charge is 2.19. The Kier molecular flexibility index (Phi) is 7.26. The molecule has 1 heterocycles. The molecule has 0 bridgehead atoms. The van der Waals surface area contributed by atoms with Gasteiger partial charge in [-0.1, -0.05) is 29.8 Å². The number of hydrazone groups is 1. The summed E-state index contributed by atoms with van der Waals surface area (Å²) in [7, 11) is 0. The minimum atomic E-state index is -0.446. The number of piperazine rings is 1. The number of non-ortho nitro benzene ring substituents is 1. The Balaban J connectivity index is 1.42. The van der Waals surface area contributed by atoms with E-state index in [1.165, 1.54) is 23.3 Å². The van der Waals surface area contributed by atoms with Crippen LogP contribution in [0.25, 0.3) is 0 Å². The van der Waals surface area contributed by atoms with Crippen molar-refractivity contribution >= 4 is 17.3 Å². The number of amides is 1. The molecule has 8 heteroatoms. The number of nitrogens with one attached hydrogen (secondary N) is 1. The first-order valence-electron chi connectivity index (χ1n) is 9.99. The number of carbonyl (C=O) groups excluding carboxylic acids is 1. The number of nitrogens with zero attached hydrogens (tertiary/aromatic N) is 4. The van der Waals surface area contributed by atoms with Crippen LogP contribution in [-0.4, -0.2) is 59.1 Å². The molecule has 1 aliphatic heterocycles. The molecule has 0 radical (unpaired) electrons. The third-order valence-corrected chi connectivity index (χ3v) is 5.20. The average molecular weight is 409 g/mol. The van der Waals surface area contributed by atoms with E-state index in [9.17, 15) is 14.9 Å². The third-order valence-electron chi connectivity index (χ3n) is 5.20. The van der Waals surface area contributed by atoms with Crippen molar-refractivity contribution in [1.29, 1.82) is 0 Å². The summed E-state index contributed by atoms with van der Waals surface area (Å²) in [6.45, 7) is 8.60. The predicted molar refractivity (Wildman–Crippen MR) is 116 cm³/mol. The van der Waals surface area contributed by atoms with Crippen molar-refractivity contribution < 1.29 is 9.72 Å². The smallest absolute Gasteiger partial charge is 0.269 e. The molecule has 1 aliphatic rings. The Labute approximate surface area is 176 Å². The summed E-state index contributed by atoms with van der Waals surface area (Å²) in [5, 5.41) is 14.8. The Bertz CT molecular complexity index is 901. The normalized spacial score (nSPS) is 15.7. The van der Waals surface area contributed by atoms with Crippen LogP contribution in [0.4, 0.5) is 5.69 Å². The summed E-state index contributed by atoms with van der Waals surface area (Å²) >= 11 is 0. The summed E-state index contributed by atoms with van der Waals surface area (Å²) in [5.41, 5.74) is 6.51. The average Bonchev–Trinajstić information content (AvgIpc) is 2.75. The van der Waals surface area contributed by atoms with E-state index in [4.69, 9.17) is 0 Å². The molecule has 0 unspecified atom stereocenters. The van der Waals surface area contributed by atoms with Crippen LogP contribution in [-0.2, 0) is 11.3 Å². The lowest BCUT2D eigenvalue weighted by molar-refractivity contribution is -0.384. The van der Waals surface area contributed by atoms with Gasteiger partial charge in [0.1, 0.15) is 0 Å². The highest BCUT2D eigenvalue weighted by Crippen LogP contribution is 2.12. The van der Waals surface area contributed by atoms with E-state index in [0.717, 1.165) is 38.3 Å². The van der Waals surface area contributed by atoms with Crippen LogP contribution in [0.15, 0.2) is 53.6 Å². The van der Waals surface area contributed by atoms with Gasteiger partial charge in [0.25, 0.3) is 11.6 Å². The molecule has 1 N–H and O–H groups in total. The third kappa shape index (κ3) is 6.20. The van der Waals surface area contributed by atoms with Crippen LogP contribution >= 0.6 is 0 Å². The summed E-state index contributed by atoms with van der Waals surface area (Å²) < 4.78 is 0. The SMILES string of the molecule is CC(=NNC(=O)CN1CCN(Cc2ccc(C)cc2)CC1)c1ccc([N+](=O)[O-])cc1. The lowest BCUT2D eigenvalue weighted by Gasteiger charge is -2.34. The number of rotatable bonds is 7. The van der Waals surface area contributed by atoms with Crippen LogP contribution in [0, 0.1) is 17.0 Å². The topological polar surface area (TPSA) is 91.1 Å². The Hall–Kier alpha value is -3.10. The van der Waals surface area contributed by atoms with Gasteiger partial charge in [-0.3, -0.25) is 24.7 Å². The molecule has 158 valence electrons. The maximum absolute atomic E-state index is 12.2. The van der Waals surface area contributed by atoms with Gasteiger partial charge in [-0.2, -0.15) is 5.10 Å². The minimum Gasteiger partial charge on any atom is -0.297 e. The van der Waals surface area contributed by atoms with Crippen molar-refractivity contribution in [3.63, 3.8) is 0 Å². The second kappa shape index (κ2) is 10.1. The van der Waals surface area contributed by atoms with Gasteiger partial charge in [0, 0.05) is 44.9 Å². The summed E-state index contributed by atoms with van der Waals surface area (Å²) in [6.07, 6.45) is 0. The monoisotopic (exact) mass is 409 g/mol. The fraction of sp³-hybridized carbons (Fsp3) is 0.364. The number of carbonyl (C=O) groups is 1. The van der Waals surface area contributed by atoms with Gasteiger partial charge in [-0.25, -0.2) is 5.43 Å². The number of aryl methyl sites for hydroxylation is 1. The number of hydrogen-bond donors (Lipinski definition) is 1. The minimum absolute atomic E-state index is 0.0251. The van der Waals surface area contributed by atoms with E-state index in [1.54, 1.807) is 19.1 Å². The molecule has 1 saturated heterocycles. The quantitative estimate of drug-likeness (QED) is 0.431. The molecular weight excluding hydrogens is 382 g/mol. The van der Waals surface area contributed by atoms with E-state index in [1.807, 2.05) is 0 Å². The first-order chi connectivity index (χ1) is 14.4. The van der Waals surface area contributed by atoms with Crippen LogP contribution in [0.1, 0.15) is 23.6 Å². The maximum Gasteiger partial charge on any atom is 0.269 e. The standard InChI is InChI=1S/C22H27N5O3/c1-17-3-5-19(6-4-17)15-25-11-13-26(14-12-25)16-22(28)24-23-18(2)20-7-9-21(10-8-20)27(29)30/h3-10H,11-16H2,1-2H3,(H,24,28). The Morgan fingerprint density at radius 3 is 2.23 bits per heavy atom. The van der Waals surface area contributed by atoms with Gasteiger partial charge in [-0.15, -0.1) is 0 Å². The molecular formula is C22H27N5O3. The van der Waals surface area contributed by atoms with Gasteiger partial charge in [0.15, 0.2) is 0 Å². The Morgan fingerprint density at radius 1 is 1.03 bits per heavy atom. The molecule has 0 saturated carbocycles. The van der Waals surface area contributed by atoms with Gasteiger partial charge in [-0.05, 0) is 37.1 Å². The van der Waals surface area contributed by atoms with Gasteiger partial charge < -0.3 is 0 Å². The predicted octanol–water partition coefficient (Wildman–Crippen LogP) is 2.56. The lowest BCUT2D eigenvalue weighted by atomic mass is 10.1. The zero-order chi connectivity index (χ0) is 21.5. The molecule has 2 aromatic carbocycles. The summed E-state index contributed by atoms with van der Waals surface area (Å²) in [6, 6.07) is 14.7. The molecule has 0 spiro atoms. The van der Waals surface area contributed by atoms with Gasteiger partial charge >= 0.3 is 0 Å². The molecule has 1 fully saturated rings. The van der Waals surface area contributed by atoms with Crippen molar-refractivity contribution in [2.24, 2.45) is 5.10 Å². The van der Waals surface area contributed by atoms with Gasteiger partial charge in [0.2, 0.25) is 0 Å². The molecule has 3 rings (SSSR count). The fourth-order valence-corrected chi connectivity index (χ4v) is 3.33. The van der Waals surface area contributed by atoms with Crippen molar-refractivity contribution in [3.05, 3.63) is 75.3 Å². The number of hydrogen-bond acceptors (Lipinski definition) is 6. The van der Waals surface area contributed by atoms with E-state index in [-0.39, 0.29) is 11.6 Å². The number of benzene rings is 2. The van der Waals surface area contributed by atoms with Crippen LogP contribution in [0.5, 0.6) is 0 Å². The molecule has 8 nitrogen and oxygen atoms in total. The van der Waals surface area contributed by atoms with Crippen LogP contribution < -0.4 is 5.43 Å². The molecule has 1 amide bonds. The summed E-state index contributed by atoms with van der Waals surface area (Å²) in [5.74, 6) is -0.164. The second-order valence-electron chi connectivity index (χ2n) is 7.57. The van der Waals surface area contributed by atoms with Crippen LogP contribution in [0.2, 0.25) is 0 Å². The number of nitro groups is 1. The largest absolute Gasteiger partial charge is 0.297 e. The molecule has 0 aromatic heterocycles. The Morgan fingerprint density at radius 2 is 1.63 bits per heavy atom. The van der Waals surface area contributed by atoms with Crippen molar-refractivity contribution in [3.8, 4) is 0 Å². The molecule has 30 heavy (non-hydrogen) atoms. The van der Waals surface area contributed by atoms with Gasteiger partial charge in [0.05, 0.1) is 17.2 Å². The van der Waals surface area contributed by atoms with E-state index < -0.39 is 4.92 Å². The molecule has 0 aliphatic carbocycles. The fourth-order valence-electron chi connectivity index (χ4n) is 3.33. The lowest BCUT2D eigenvalue weighted by Crippen LogP contribution is -2.48. The maximum atomic E-state index is 12.2. The van der Waals surface area contributed by atoms with Crippen molar-refractivity contribution in [2.75, 3.05) is 32.7 Å².